The van der Waals surface area contributed by atoms with Crippen LogP contribution in [-0.2, 0) is 9.53 Å². The molecule has 0 rings (SSSR count). The van der Waals surface area contributed by atoms with Gasteiger partial charge in [0.05, 0.1) is 0 Å². The molecular formula is C21H40O4. The SMILES string of the molecule is CCCCCCCCCCCCCCC/C=C\C(=O)OC(C)(O)CO. The fraction of sp³-hybridized carbons (Fsp3) is 0.857. The first kappa shape index (κ1) is 24.1. The van der Waals surface area contributed by atoms with E-state index in [9.17, 15) is 9.90 Å². The maximum absolute atomic E-state index is 11.4. The molecule has 1 unspecified atom stereocenters. The minimum Gasteiger partial charge on any atom is -0.428 e. The van der Waals surface area contributed by atoms with Crippen LogP contribution in [0.3, 0.4) is 0 Å². The second kappa shape index (κ2) is 16.6. The lowest BCUT2D eigenvalue weighted by molar-refractivity contribution is -0.209. The van der Waals surface area contributed by atoms with Crippen molar-refractivity contribution in [3.05, 3.63) is 12.2 Å². The summed E-state index contributed by atoms with van der Waals surface area (Å²) >= 11 is 0. The van der Waals surface area contributed by atoms with Crippen molar-refractivity contribution in [2.45, 2.75) is 110 Å². The van der Waals surface area contributed by atoms with Gasteiger partial charge < -0.3 is 14.9 Å². The molecular weight excluding hydrogens is 316 g/mol. The van der Waals surface area contributed by atoms with Crippen LogP contribution in [0.1, 0.15) is 104 Å². The van der Waals surface area contributed by atoms with Gasteiger partial charge in [-0.15, -0.1) is 0 Å². The van der Waals surface area contributed by atoms with Gasteiger partial charge in [0.1, 0.15) is 6.61 Å². The summed E-state index contributed by atoms with van der Waals surface area (Å²) in [5.74, 6) is -2.41. The Morgan fingerprint density at radius 2 is 1.32 bits per heavy atom. The van der Waals surface area contributed by atoms with Crippen molar-refractivity contribution < 1.29 is 19.7 Å². The van der Waals surface area contributed by atoms with Gasteiger partial charge in [0.25, 0.3) is 0 Å². The molecule has 25 heavy (non-hydrogen) atoms. The number of ether oxygens (including phenoxy) is 1. The Hall–Kier alpha value is -0.870. The van der Waals surface area contributed by atoms with Gasteiger partial charge in [-0.3, -0.25) is 0 Å². The summed E-state index contributed by atoms with van der Waals surface area (Å²) in [6.07, 6.45) is 21.2. The summed E-state index contributed by atoms with van der Waals surface area (Å²) in [7, 11) is 0. The van der Waals surface area contributed by atoms with Gasteiger partial charge in [-0.05, 0) is 12.8 Å². The number of carbonyl (C=O) groups is 1. The molecule has 148 valence electrons. The first-order chi connectivity index (χ1) is 12.0. The van der Waals surface area contributed by atoms with Crippen LogP contribution in [0.5, 0.6) is 0 Å². The smallest absolute Gasteiger partial charge is 0.332 e. The second-order valence-corrected chi connectivity index (χ2v) is 7.19. The average Bonchev–Trinajstić information content (AvgIpc) is 2.58. The summed E-state index contributed by atoms with van der Waals surface area (Å²) in [4.78, 5) is 11.4. The third kappa shape index (κ3) is 17.7. The number of unbranched alkanes of at least 4 members (excludes halogenated alkanes) is 13. The molecule has 0 fully saturated rings. The van der Waals surface area contributed by atoms with E-state index in [-0.39, 0.29) is 0 Å². The quantitative estimate of drug-likeness (QED) is 0.161. The van der Waals surface area contributed by atoms with Gasteiger partial charge >= 0.3 is 5.97 Å². The molecule has 4 heteroatoms. The summed E-state index contributed by atoms with van der Waals surface area (Å²) in [6.45, 7) is 2.91. The molecule has 0 amide bonds. The molecule has 0 radical (unpaired) electrons. The molecule has 0 saturated heterocycles. The highest BCUT2D eigenvalue weighted by Gasteiger charge is 2.22. The molecule has 1 atom stereocenters. The number of carbonyl (C=O) groups excluding carboxylic acids is 1. The minimum absolute atomic E-state index is 0.606. The van der Waals surface area contributed by atoms with Crippen LogP contribution in [0.2, 0.25) is 0 Å². The lowest BCUT2D eigenvalue weighted by atomic mass is 10.0. The monoisotopic (exact) mass is 356 g/mol. The van der Waals surface area contributed by atoms with E-state index in [1.165, 1.54) is 90.0 Å². The van der Waals surface area contributed by atoms with Gasteiger partial charge in [-0.2, -0.15) is 0 Å². The largest absolute Gasteiger partial charge is 0.428 e. The molecule has 0 aromatic rings. The average molecular weight is 357 g/mol. The molecule has 0 spiro atoms. The van der Waals surface area contributed by atoms with Crippen LogP contribution in [0.4, 0.5) is 0 Å². The number of aliphatic hydroxyl groups is 2. The number of rotatable bonds is 17. The van der Waals surface area contributed by atoms with Gasteiger partial charge in [-0.1, -0.05) is 90.0 Å². The van der Waals surface area contributed by atoms with E-state index in [1.54, 1.807) is 6.08 Å². The van der Waals surface area contributed by atoms with Crippen molar-refractivity contribution in [3.63, 3.8) is 0 Å². The van der Waals surface area contributed by atoms with Crippen molar-refractivity contribution in [3.8, 4) is 0 Å². The standard InChI is InChI=1S/C21H40O4/c1-3-4-5-6-7-8-9-10-11-12-13-14-15-16-17-18-20(23)25-21(2,24)19-22/h17-18,22,24H,3-16,19H2,1-2H3/b18-17-. The van der Waals surface area contributed by atoms with E-state index in [4.69, 9.17) is 5.11 Å². The zero-order chi connectivity index (χ0) is 18.8. The zero-order valence-electron chi connectivity index (χ0n) is 16.5. The van der Waals surface area contributed by atoms with Crippen LogP contribution in [0, 0.1) is 0 Å². The number of hydrogen-bond acceptors (Lipinski definition) is 4. The third-order valence-corrected chi connectivity index (χ3v) is 4.34. The lowest BCUT2D eigenvalue weighted by Gasteiger charge is -2.19. The molecule has 0 aliphatic rings. The van der Waals surface area contributed by atoms with Crippen LogP contribution >= 0.6 is 0 Å². The fourth-order valence-electron chi connectivity index (χ4n) is 2.74. The van der Waals surface area contributed by atoms with E-state index in [0.29, 0.717) is 0 Å². The normalized spacial score (nSPS) is 13.9. The molecule has 0 bridgehead atoms. The highest BCUT2D eigenvalue weighted by molar-refractivity contribution is 5.82. The predicted molar refractivity (Wildman–Crippen MR) is 103 cm³/mol. The van der Waals surface area contributed by atoms with Crippen LogP contribution in [0.25, 0.3) is 0 Å². The summed E-state index contributed by atoms with van der Waals surface area (Å²) in [5.41, 5.74) is 0. The van der Waals surface area contributed by atoms with Crippen LogP contribution in [-0.4, -0.2) is 28.6 Å². The van der Waals surface area contributed by atoms with E-state index < -0.39 is 18.4 Å². The Kier molecular flexibility index (Phi) is 16.0. The van der Waals surface area contributed by atoms with Crippen LogP contribution < -0.4 is 0 Å². The molecule has 4 nitrogen and oxygen atoms in total. The minimum atomic E-state index is -1.79. The molecule has 2 N–H and O–H groups in total. The Morgan fingerprint density at radius 1 is 0.880 bits per heavy atom. The first-order valence-corrected chi connectivity index (χ1v) is 10.2. The Morgan fingerprint density at radius 3 is 1.76 bits per heavy atom. The topological polar surface area (TPSA) is 66.8 Å². The van der Waals surface area contributed by atoms with Crippen molar-refractivity contribution >= 4 is 5.97 Å². The Labute approximate surface area is 154 Å². The fourth-order valence-corrected chi connectivity index (χ4v) is 2.74. The first-order valence-electron chi connectivity index (χ1n) is 10.2. The Bertz CT molecular complexity index is 337. The van der Waals surface area contributed by atoms with Crippen molar-refractivity contribution in [2.75, 3.05) is 6.61 Å². The molecule has 0 saturated carbocycles. The summed E-state index contributed by atoms with van der Waals surface area (Å²) in [5, 5.41) is 18.2. The molecule has 0 heterocycles. The number of aliphatic hydroxyl groups excluding tert-OH is 1. The van der Waals surface area contributed by atoms with Crippen molar-refractivity contribution in [1.29, 1.82) is 0 Å². The summed E-state index contributed by atoms with van der Waals surface area (Å²) < 4.78 is 4.69. The van der Waals surface area contributed by atoms with Gasteiger partial charge in [0.15, 0.2) is 0 Å². The second-order valence-electron chi connectivity index (χ2n) is 7.19. The van der Waals surface area contributed by atoms with E-state index in [0.717, 1.165) is 12.8 Å². The number of allylic oxidation sites excluding steroid dienone is 1. The molecule has 0 aliphatic heterocycles. The summed E-state index contributed by atoms with van der Waals surface area (Å²) in [6, 6.07) is 0. The zero-order valence-corrected chi connectivity index (χ0v) is 16.5. The van der Waals surface area contributed by atoms with Gasteiger partial charge in [-0.25, -0.2) is 4.79 Å². The van der Waals surface area contributed by atoms with Gasteiger partial charge in [0.2, 0.25) is 5.79 Å². The number of hydrogen-bond donors (Lipinski definition) is 2. The molecule has 0 aliphatic carbocycles. The molecule has 0 aromatic carbocycles. The molecule has 0 aromatic heterocycles. The van der Waals surface area contributed by atoms with Crippen molar-refractivity contribution in [2.24, 2.45) is 0 Å². The maximum Gasteiger partial charge on any atom is 0.332 e. The number of esters is 1. The highest BCUT2D eigenvalue weighted by Crippen LogP contribution is 2.13. The maximum atomic E-state index is 11.4. The predicted octanol–water partition coefficient (Wildman–Crippen LogP) is 5.27. The van der Waals surface area contributed by atoms with E-state index in [1.807, 2.05) is 0 Å². The Balaban J connectivity index is 3.31. The highest BCUT2D eigenvalue weighted by atomic mass is 16.7. The lowest BCUT2D eigenvalue weighted by Crippen LogP contribution is -2.34. The third-order valence-electron chi connectivity index (χ3n) is 4.34. The van der Waals surface area contributed by atoms with Gasteiger partial charge in [0, 0.05) is 13.0 Å². The van der Waals surface area contributed by atoms with E-state index >= 15 is 0 Å². The van der Waals surface area contributed by atoms with Crippen LogP contribution in [0.15, 0.2) is 12.2 Å². The van der Waals surface area contributed by atoms with Crippen molar-refractivity contribution in [1.82, 2.24) is 0 Å². The van der Waals surface area contributed by atoms with E-state index in [2.05, 4.69) is 11.7 Å².